The molecule has 2 aliphatic rings. The van der Waals surface area contributed by atoms with Gasteiger partial charge in [0.25, 0.3) is 0 Å². The minimum absolute atomic E-state index is 0.561. The molecule has 4 atom stereocenters. The monoisotopic (exact) mass is 293 g/mol. The van der Waals surface area contributed by atoms with Crippen LogP contribution in [0, 0.1) is 17.8 Å². The summed E-state index contributed by atoms with van der Waals surface area (Å²) in [7, 11) is 1.70. The van der Waals surface area contributed by atoms with E-state index in [2.05, 4.69) is 12.2 Å². The Morgan fingerprint density at radius 1 is 1.35 bits per heavy atom. The highest BCUT2D eigenvalue weighted by Gasteiger charge is 2.41. The van der Waals surface area contributed by atoms with Crippen LogP contribution >= 0.6 is 11.6 Å². The van der Waals surface area contributed by atoms with Crippen LogP contribution in [0.25, 0.3) is 0 Å². The normalized spacial score (nSPS) is 29.6. The van der Waals surface area contributed by atoms with Crippen molar-refractivity contribution in [2.45, 2.75) is 45.2 Å². The zero-order valence-electron chi connectivity index (χ0n) is 12.4. The Hall–Kier alpha value is -0.730. The molecule has 3 heteroatoms. The van der Waals surface area contributed by atoms with Crippen LogP contribution in [0.15, 0.2) is 18.2 Å². The third kappa shape index (κ3) is 2.68. The Morgan fingerprint density at radius 2 is 2.20 bits per heavy atom. The zero-order chi connectivity index (χ0) is 14.1. The molecule has 0 heterocycles. The van der Waals surface area contributed by atoms with E-state index in [-0.39, 0.29) is 0 Å². The van der Waals surface area contributed by atoms with Gasteiger partial charge < -0.3 is 10.1 Å². The van der Waals surface area contributed by atoms with E-state index < -0.39 is 0 Å². The van der Waals surface area contributed by atoms with Crippen molar-refractivity contribution in [1.29, 1.82) is 0 Å². The van der Waals surface area contributed by atoms with Gasteiger partial charge in [-0.2, -0.15) is 0 Å². The first-order valence-electron chi connectivity index (χ1n) is 7.73. The number of hydrogen-bond donors (Lipinski definition) is 1. The third-order valence-corrected chi connectivity index (χ3v) is 5.69. The number of hydrogen-bond acceptors (Lipinski definition) is 2. The van der Waals surface area contributed by atoms with E-state index in [1.54, 1.807) is 7.11 Å². The lowest BCUT2D eigenvalue weighted by Gasteiger charge is -2.29. The highest BCUT2D eigenvalue weighted by Crippen LogP contribution is 2.49. The smallest absolute Gasteiger partial charge is 0.124 e. The van der Waals surface area contributed by atoms with Crippen molar-refractivity contribution in [3.05, 3.63) is 28.8 Å². The molecular weight excluding hydrogens is 270 g/mol. The maximum Gasteiger partial charge on any atom is 0.124 e. The summed E-state index contributed by atoms with van der Waals surface area (Å²) in [6.45, 7) is 3.12. The Morgan fingerprint density at radius 3 is 2.85 bits per heavy atom. The standard InChI is InChI=1S/C17H24ClNO/c1-11(14-9-12-6-7-13(14)8-12)19-10-15-16(18)4-3-5-17(15)20-2/h3-5,11-14,19H,6-10H2,1-2H3. The number of nitrogens with one attached hydrogen (secondary N) is 1. The molecule has 0 saturated heterocycles. The van der Waals surface area contributed by atoms with Crippen molar-refractivity contribution in [3.8, 4) is 5.75 Å². The zero-order valence-corrected chi connectivity index (χ0v) is 13.1. The molecule has 1 aromatic carbocycles. The molecule has 2 fully saturated rings. The highest BCUT2D eigenvalue weighted by molar-refractivity contribution is 6.31. The molecular formula is C17H24ClNO. The van der Waals surface area contributed by atoms with Crippen molar-refractivity contribution < 1.29 is 4.74 Å². The van der Waals surface area contributed by atoms with E-state index in [1.165, 1.54) is 25.7 Å². The van der Waals surface area contributed by atoms with Crippen LogP contribution in [0.3, 0.4) is 0 Å². The van der Waals surface area contributed by atoms with Crippen LogP contribution in [0.4, 0.5) is 0 Å². The van der Waals surface area contributed by atoms with Gasteiger partial charge in [-0.05, 0) is 56.1 Å². The quantitative estimate of drug-likeness (QED) is 0.876. The molecule has 20 heavy (non-hydrogen) atoms. The summed E-state index contributed by atoms with van der Waals surface area (Å²) in [4.78, 5) is 0. The topological polar surface area (TPSA) is 21.3 Å². The summed E-state index contributed by atoms with van der Waals surface area (Å²) in [5, 5.41) is 4.47. The molecule has 3 rings (SSSR count). The van der Waals surface area contributed by atoms with Crippen molar-refractivity contribution in [2.75, 3.05) is 7.11 Å². The van der Waals surface area contributed by atoms with Crippen LogP contribution in [0.5, 0.6) is 5.75 Å². The van der Waals surface area contributed by atoms with Crippen molar-refractivity contribution in [2.24, 2.45) is 17.8 Å². The Bertz CT molecular complexity index is 476. The fraction of sp³-hybridized carbons (Fsp3) is 0.647. The Kier molecular flexibility index (Phi) is 4.23. The minimum atomic E-state index is 0.561. The van der Waals surface area contributed by atoms with E-state index in [0.29, 0.717) is 6.04 Å². The van der Waals surface area contributed by atoms with Crippen LogP contribution in [-0.2, 0) is 6.54 Å². The maximum atomic E-state index is 6.29. The van der Waals surface area contributed by atoms with Crippen LogP contribution < -0.4 is 10.1 Å². The molecule has 2 bridgehead atoms. The van der Waals surface area contributed by atoms with E-state index in [4.69, 9.17) is 16.3 Å². The van der Waals surface area contributed by atoms with Gasteiger partial charge in [-0.15, -0.1) is 0 Å². The minimum Gasteiger partial charge on any atom is -0.496 e. The lowest BCUT2D eigenvalue weighted by molar-refractivity contribution is 0.258. The van der Waals surface area contributed by atoms with Gasteiger partial charge in [0.05, 0.1) is 7.11 Å². The fourth-order valence-electron chi connectivity index (χ4n) is 4.22. The molecule has 110 valence electrons. The molecule has 2 aliphatic carbocycles. The SMILES string of the molecule is COc1cccc(Cl)c1CNC(C)C1CC2CCC1C2. The van der Waals surface area contributed by atoms with E-state index in [1.807, 2.05) is 18.2 Å². The predicted octanol–water partition coefficient (Wildman–Crippen LogP) is 4.26. The molecule has 2 saturated carbocycles. The number of ether oxygens (including phenoxy) is 1. The fourth-order valence-corrected chi connectivity index (χ4v) is 4.46. The summed E-state index contributed by atoms with van der Waals surface area (Å²) >= 11 is 6.29. The molecule has 1 N–H and O–H groups in total. The van der Waals surface area contributed by atoms with Crippen molar-refractivity contribution in [3.63, 3.8) is 0 Å². The average molecular weight is 294 g/mol. The molecule has 2 nitrogen and oxygen atoms in total. The second-order valence-corrected chi connectivity index (χ2v) is 6.84. The molecule has 0 spiro atoms. The number of fused-ring (bicyclic) bond motifs is 2. The number of rotatable bonds is 5. The first kappa shape index (κ1) is 14.2. The molecule has 0 aromatic heterocycles. The van der Waals surface area contributed by atoms with Gasteiger partial charge in [0.15, 0.2) is 0 Å². The number of methoxy groups -OCH3 is 1. The van der Waals surface area contributed by atoms with Crippen molar-refractivity contribution in [1.82, 2.24) is 5.32 Å². The Balaban J connectivity index is 1.62. The lowest BCUT2D eigenvalue weighted by atomic mass is 9.84. The van der Waals surface area contributed by atoms with Gasteiger partial charge in [0.2, 0.25) is 0 Å². The third-order valence-electron chi connectivity index (χ3n) is 5.33. The molecule has 4 unspecified atom stereocenters. The van der Waals surface area contributed by atoms with E-state index >= 15 is 0 Å². The van der Waals surface area contributed by atoms with Gasteiger partial charge in [-0.1, -0.05) is 24.1 Å². The molecule has 0 aliphatic heterocycles. The molecule has 0 radical (unpaired) electrons. The number of halogens is 1. The first-order chi connectivity index (χ1) is 9.69. The van der Waals surface area contributed by atoms with Gasteiger partial charge in [-0.25, -0.2) is 0 Å². The number of benzene rings is 1. The summed E-state index contributed by atoms with van der Waals surface area (Å²) < 4.78 is 5.41. The average Bonchev–Trinajstić information content (AvgIpc) is 3.08. The molecule has 1 aromatic rings. The largest absolute Gasteiger partial charge is 0.496 e. The highest BCUT2D eigenvalue weighted by atomic mass is 35.5. The summed E-state index contributed by atoms with van der Waals surface area (Å²) in [6, 6.07) is 6.41. The van der Waals surface area contributed by atoms with Gasteiger partial charge in [0.1, 0.15) is 5.75 Å². The lowest BCUT2D eigenvalue weighted by Crippen LogP contribution is -2.36. The van der Waals surface area contributed by atoms with E-state index in [9.17, 15) is 0 Å². The van der Waals surface area contributed by atoms with Gasteiger partial charge >= 0.3 is 0 Å². The first-order valence-corrected chi connectivity index (χ1v) is 8.11. The summed E-state index contributed by atoms with van der Waals surface area (Å²) in [5.74, 6) is 3.69. The second-order valence-electron chi connectivity index (χ2n) is 6.43. The summed E-state index contributed by atoms with van der Waals surface area (Å²) in [5.41, 5.74) is 1.08. The van der Waals surface area contributed by atoms with Gasteiger partial charge in [0, 0.05) is 23.2 Å². The Labute approximate surface area is 126 Å². The predicted molar refractivity (Wildman–Crippen MR) is 83.2 cm³/mol. The van der Waals surface area contributed by atoms with Crippen LogP contribution in [0.1, 0.15) is 38.2 Å². The van der Waals surface area contributed by atoms with Crippen LogP contribution in [0.2, 0.25) is 5.02 Å². The summed E-state index contributed by atoms with van der Waals surface area (Å²) in [6.07, 6.45) is 5.79. The van der Waals surface area contributed by atoms with Gasteiger partial charge in [-0.3, -0.25) is 0 Å². The van der Waals surface area contributed by atoms with E-state index in [0.717, 1.165) is 40.6 Å². The molecule has 0 amide bonds. The van der Waals surface area contributed by atoms with Crippen molar-refractivity contribution >= 4 is 11.6 Å². The van der Waals surface area contributed by atoms with Crippen LogP contribution in [-0.4, -0.2) is 13.2 Å². The maximum absolute atomic E-state index is 6.29. The second kappa shape index (κ2) is 5.95.